The summed E-state index contributed by atoms with van der Waals surface area (Å²) in [5.41, 5.74) is 0.456. The number of nitrogens with zero attached hydrogens (tertiary/aromatic N) is 2. The van der Waals surface area contributed by atoms with E-state index < -0.39 is 5.60 Å². The number of rotatable bonds is 1. The fourth-order valence-corrected chi connectivity index (χ4v) is 2.24. The Balaban J connectivity index is 2.16. The summed E-state index contributed by atoms with van der Waals surface area (Å²) in [4.78, 5) is 18.1. The lowest BCUT2D eigenvalue weighted by atomic mass is 10.1. The molecule has 2 rings (SSSR count). The van der Waals surface area contributed by atoms with E-state index in [1.807, 2.05) is 26.8 Å². The number of carbonyl (C=O) groups excluding carboxylic acids is 1. The smallest absolute Gasteiger partial charge is 0.410 e. The molecule has 1 amide bonds. The maximum Gasteiger partial charge on any atom is 0.410 e. The third-order valence-corrected chi connectivity index (χ3v) is 3.23. The SMILES string of the molecule is CC(C)(C)OC(=O)N1CCNCC1c1ccc(Cl)nc1. The fourth-order valence-electron chi connectivity index (χ4n) is 2.13. The van der Waals surface area contributed by atoms with E-state index in [-0.39, 0.29) is 12.1 Å². The number of hydrogen-bond donors (Lipinski definition) is 1. The van der Waals surface area contributed by atoms with Gasteiger partial charge in [-0.3, -0.25) is 4.90 Å². The molecule has 110 valence electrons. The van der Waals surface area contributed by atoms with Crippen LogP contribution in [0.25, 0.3) is 0 Å². The number of aromatic nitrogens is 1. The molecule has 0 aliphatic carbocycles. The van der Waals surface area contributed by atoms with Crippen LogP contribution in [0.1, 0.15) is 32.4 Å². The summed E-state index contributed by atoms with van der Waals surface area (Å²) in [6, 6.07) is 3.55. The van der Waals surface area contributed by atoms with Crippen LogP contribution in [-0.4, -0.2) is 41.2 Å². The number of hydrogen-bond acceptors (Lipinski definition) is 4. The van der Waals surface area contributed by atoms with Crippen molar-refractivity contribution in [3.8, 4) is 0 Å². The van der Waals surface area contributed by atoms with Crippen LogP contribution < -0.4 is 5.32 Å². The molecule has 0 bridgehead atoms. The highest BCUT2D eigenvalue weighted by Gasteiger charge is 2.31. The van der Waals surface area contributed by atoms with Gasteiger partial charge in [0, 0.05) is 25.8 Å². The van der Waals surface area contributed by atoms with Gasteiger partial charge in [-0.25, -0.2) is 9.78 Å². The van der Waals surface area contributed by atoms with Gasteiger partial charge in [-0.05, 0) is 32.4 Å². The van der Waals surface area contributed by atoms with Crippen LogP contribution in [0.5, 0.6) is 0 Å². The molecule has 1 aliphatic rings. The molecular weight excluding hydrogens is 278 g/mol. The molecule has 1 atom stereocenters. The third kappa shape index (κ3) is 3.84. The molecule has 0 radical (unpaired) electrons. The van der Waals surface area contributed by atoms with Gasteiger partial charge in [0.25, 0.3) is 0 Å². The summed E-state index contributed by atoms with van der Waals surface area (Å²) >= 11 is 5.80. The lowest BCUT2D eigenvalue weighted by Crippen LogP contribution is -2.50. The van der Waals surface area contributed by atoms with Crippen LogP contribution in [0.4, 0.5) is 4.79 Å². The van der Waals surface area contributed by atoms with E-state index in [0.29, 0.717) is 18.2 Å². The average Bonchev–Trinajstić information content (AvgIpc) is 2.38. The lowest BCUT2D eigenvalue weighted by Gasteiger charge is -2.37. The Morgan fingerprint density at radius 2 is 2.25 bits per heavy atom. The largest absolute Gasteiger partial charge is 0.444 e. The molecule has 5 nitrogen and oxygen atoms in total. The quantitative estimate of drug-likeness (QED) is 0.810. The lowest BCUT2D eigenvalue weighted by molar-refractivity contribution is 0.0117. The van der Waals surface area contributed by atoms with Crippen molar-refractivity contribution in [1.29, 1.82) is 0 Å². The summed E-state index contributed by atoms with van der Waals surface area (Å²) in [5, 5.41) is 3.73. The minimum atomic E-state index is -0.495. The second kappa shape index (κ2) is 5.97. The average molecular weight is 298 g/mol. The molecular formula is C14H20ClN3O2. The maximum absolute atomic E-state index is 12.3. The van der Waals surface area contributed by atoms with Crippen molar-refractivity contribution in [3.05, 3.63) is 29.0 Å². The van der Waals surface area contributed by atoms with Crippen molar-refractivity contribution in [2.45, 2.75) is 32.4 Å². The predicted molar refractivity (Wildman–Crippen MR) is 77.8 cm³/mol. The summed E-state index contributed by atoms with van der Waals surface area (Å²) < 4.78 is 5.47. The summed E-state index contributed by atoms with van der Waals surface area (Å²) in [6.45, 7) is 7.66. The maximum atomic E-state index is 12.3. The highest BCUT2D eigenvalue weighted by molar-refractivity contribution is 6.29. The van der Waals surface area contributed by atoms with Gasteiger partial charge in [0.15, 0.2) is 0 Å². The molecule has 0 saturated carbocycles. The zero-order valence-corrected chi connectivity index (χ0v) is 12.8. The van der Waals surface area contributed by atoms with Crippen LogP contribution in [0.15, 0.2) is 18.3 Å². The Bertz CT molecular complexity index is 470. The first-order valence-electron chi connectivity index (χ1n) is 6.68. The van der Waals surface area contributed by atoms with Crippen molar-refractivity contribution in [1.82, 2.24) is 15.2 Å². The van der Waals surface area contributed by atoms with Gasteiger partial charge in [-0.15, -0.1) is 0 Å². The normalized spacial score (nSPS) is 19.8. The Labute approximate surface area is 124 Å². The highest BCUT2D eigenvalue weighted by atomic mass is 35.5. The summed E-state index contributed by atoms with van der Waals surface area (Å²) in [5.74, 6) is 0. The molecule has 1 N–H and O–H groups in total. The fraction of sp³-hybridized carbons (Fsp3) is 0.571. The zero-order chi connectivity index (χ0) is 14.8. The van der Waals surface area contributed by atoms with Crippen molar-refractivity contribution in [3.63, 3.8) is 0 Å². The topological polar surface area (TPSA) is 54.5 Å². The Morgan fingerprint density at radius 1 is 1.50 bits per heavy atom. The van der Waals surface area contributed by atoms with Crippen LogP contribution in [0.2, 0.25) is 5.15 Å². The molecule has 1 aliphatic heterocycles. The minimum Gasteiger partial charge on any atom is -0.444 e. The van der Waals surface area contributed by atoms with Gasteiger partial charge in [0.1, 0.15) is 10.8 Å². The van der Waals surface area contributed by atoms with E-state index >= 15 is 0 Å². The Morgan fingerprint density at radius 3 is 2.85 bits per heavy atom. The Kier molecular flexibility index (Phi) is 4.50. The first-order valence-corrected chi connectivity index (χ1v) is 7.06. The third-order valence-electron chi connectivity index (χ3n) is 3.01. The number of nitrogens with one attached hydrogen (secondary N) is 1. The molecule has 1 unspecified atom stereocenters. The van der Waals surface area contributed by atoms with E-state index in [9.17, 15) is 4.79 Å². The number of ether oxygens (including phenoxy) is 1. The first kappa shape index (κ1) is 15.1. The van der Waals surface area contributed by atoms with Crippen molar-refractivity contribution < 1.29 is 9.53 Å². The van der Waals surface area contributed by atoms with E-state index in [1.165, 1.54) is 0 Å². The molecule has 6 heteroatoms. The van der Waals surface area contributed by atoms with Crippen molar-refractivity contribution in [2.24, 2.45) is 0 Å². The standard InChI is InChI=1S/C14H20ClN3O2/c1-14(2,3)20-13(19)18-7-6-16-9-11(18)10-4-5-12(15)17-8-10/h4-5,8,11,16H,6-7,9H2,1-3H3. The van der Waals surface area contributed by atoms with Gasteiger partial charge in [-0.2, -0.15) is 0 Å². The van der Waals surface area contributed by atoms with Crippen molar-refractivity contribution >= 4 is 17.7 Å². The van der Waals surface area contributed by atoms with Crippen LogP contribution in [-0.2, 0) is 4.74 Å². The zero-order valence-electron chi connectivity index (χ0n) is 12.0. The molecule has 2 heterocycles. The predicted octanol–water partition coefficient (Wildman–Crippen LogP) is 2.62. The second-order valence-corrected chi connectivity index (χ2v) is 6.20. The van der Waals surface area contributed by atoms with Crippen molar-refractivity contribution in [2.75, 3.05) is 19.6 Å². The van der Waals surface area contributed by atoms with Gasteiger partial charge >= 0.3 is 6.09 Å². The molecule has 20 heavy (non-hydrogen) atoms. The molecule has 0 spiro atoms. The first-order chi connectivity index (χ1) is 9.37. The molecule has 1 fully saturated rings. The van der Waals surface area contributed by atoms with Crippen LogP contribution in [0.3, 0.4) is 0 Å². The Hall–Kier alpha value is -1.33. The second-order valence-electron chi connectivity index (χ2n) is 5.81. The van der Waals surface area contributed by atoms with Gasteiger partial charge in [0.2, 0.25) is 0 Å². The highest BCUT2D eigenvalue weighted by Crippen LogP contribution is 2.24. The molecule has 0 aromatic carbocycles. The van der Waals surface area contributed by atoms with Gasteiger partial charge in [-0.1, -0.05) is 17.7 Å². The molecule has 1 aromatic rings. The number of carbonyl (C=O) groups is 1. The van der Waals surface area contributed by atoms with E-state index in [2.05, 4.69) is 10.3 Å². The number of halogens is 1. The van der Waals surface area contributed by atoms with Gasteiger partial charge < -0.3 is 10.1 Å². The molecule has 1 saturated heterocycles. The number of piperazine rings is 1. The molecule has 1 aromatic heterocycles. The number of pyridine rings is 1. The van der Waals surface area contributed by atoms with Crippen LogP contribution in [0, 0.1) is 0 Å². The van der Waals surface area contributed by atoms with E-state index in [4.69, 9.17) is 16.3 Å². The summed E-state index contributed by atoms with van der Waals surface area (Å²) in [7, 11) is 0. The number of amides is 1. The monoisotopic (exact) mass is 297 g/mol. The van der Waals surface area contributed by atoms with Crippen LogP contribution >= 0.6 is 11.6 Å². The van der Waals surface area contributed by atoms with E-state index in [0.717, 1.165) is 12.1 Å². The summed E-state index contributed by atoms with van der Waals surface area (Å²) in [6.07, 6.45) is 1.41. The minimum absolute atomic E-state index is 0.0802. The van der Waals surface area contributed by atoms with Gasteiger partial charge in [0.05, 0.1) is 6.04 Å². The van der Waals surface area contributed by atoms with E-state index in [1.54, 1.807) is 17.2 Å².